The van der Waals surface area contributed by atoms with E-state index in [0.717, 1.165) is 23.1 Å². The lowest BCUT2D eigenvalue weighted by Crippen LogP contribution is -2.28. The van der Waals surface area contributed by atoms with E-state index in [1.165, 1.54) is 5.56 Å². The van der Waals surface area contributed by atoms with Gasteiger partial charge >= 0.3 is 0 Å². The molecular formula is C18H21NO. The predicted octanol–water partition coefficient (Wildman–Crippen LogP) is 4.18. The number of hydrogen-bond donors (Lipinski definition) is 1. The molecule has 20 heavy (non-hydrogen) atoms. The Bertz CT molecular complexity index is 590. The van der Waals surface area contributed by atoms with E-state index in [4.69, 9.17) is 0 Å². The molecule has 0 bridgehead atoms. The smallest absolute Gasteiger partial charge is 0.251 e. The molecule has 2 rings (SSSR count). The average molecular weight is 267 g/mol. The second kappa shape index (κ2) is 6.38. The third-order valence-corrected chi connectivity index (χ3v) is 3.68. The number of nitrogens with one attached hydrogen (secondary N) is 1. The van der Waals surface area contributed by atoms with E-state index < -0.39 is 0 Å². The molecule has 2 aromatic carbocycles. The van der Waals surface area contributed by atoms with Gasteiger partial charge in [-0.05, 0) is 49.1 Å². The highest BCUT2D eigenvalue weighted by molar-refractivity contribution is 5.94. The van der Waals surface area contributed by atoms with Crippen molar-refractivity contribution in [1.29, 1.82) is 0 Å². The Kier molecular flexibility index (Phi) is 4.57. The number of carbonyl (C=O) groups is 1. The summed E-state index contributed by atoms with van der Waals surface area (Å²) in [6, 6.07) is 16.0. The van der Waals surface area contributed by atoms with Crippen LogP contribution >= 0.6 is 0 Å². The summed E-state index contributed by atoms with van der Waals surface area (Å²) in [5.41, 5.74) is 4.22. The van der Waals surface area contributed by atoms with Crippen LogP contribution in [0.5, 0.6) is 0 Å². The molecule has 1 atom stereocenters. The first-order valence-electron chi connectivity index (χ1n) is 7.05. The molecular weight excluding hydrogens is 246 g/mol. The minimum absolute atomic E-state index is 0.0104. The Balaban J connectivity index is 2.15. The normalized spacial score (nSPS) is 11.9. The fourth-order valence-corrected chi connectivity index (χ4v) is 2.23. The van der Waals surface area contributed by atoms with Crippen molar-refractivity contribution < 1.29 is 4.79 Å². The quantitative estimate of drug-likeness (QED) is 0.884. The van der Waals surface area contributed by atoms with Gasteiger partial charge in [0.2, 0.25) is 0 Å². The van der Waals surface area contributed by atoms with Gasteiger partial charge in [-0.15, -0.1) is 0 Å². The van der Waals surface area contributed by atoms with Crippen LogP contribution in [0, 0.1) is 13.8 Å². The first-order chi connectivity index (χ1) is 9.61. The van der Waals surface area contributed by atoms with Crippen LogP contribution in [0.3, 0.4) is 0 Å². The van der Waals surface area contributed by atoms with Gasteiger partial charge in [0.1, 0.15) is 0 Å². The molecule has 0 saturated carbocycles. The summed E-state index contributed by atoms with van der Waals surface area (Å²) < 4.78 is 0. The fraction of sp³-hybridized carbons (Fsp3) is 0.278. The van der Waals surface area contributed by atoms with Crippen molar-refractivity contribution in [2.75, 3.05) is 0 Å². The highest BCUT2D eigenvalue weighted by Gasteiger charge is 2.14. The van der Waals surface area contributed by atoms with Crippen molar-refractivity contribution >= 4 is 5.91 Å². The summed E-state index contributed by atoms with van der Waals surface area (Å²) in [4.78, 5) is 12.3. The number of rotatable bonds is 4. The predicted molar refractivity (Wildman–Crippen MR) is 82.9 cm³/mol. The van der Waals surface area contributed by atoms with Crippen LogP contribution in [0.25, 0.3) is 0 Å². The van der Waals surface area contributed by atoms with Crippen molar-refractivity contribution in [3.8, 4) is 0 Å². The molecule has 0 saturated heterocycles. The van der Waals surface area contributed by atoms with Gasteiger partial charge in [-0.2, -0.15) is 0 Å². The maximum Gasteiger partial charge on any atom is 0.251 e. The van der Waals surface area contributed by atoms with E-state index in [0.29, 0.717) is 0 Å². The molecule has 0 heterocycles. The maximum atomic E-state index is 12.3. The van der Waals surface area contributed by atoms with Crippen LogP contribution in [-0.2, 0) is 0 Å². The Labute approximate surface area is 120 Å². The molecule has 0 aliphatic carbocycles. The molecule has 0 aliphatic heterocycles. The van der Waals surface area contributed by atoms with Gasteiger partial charge in [-0.3, -0.25) is 4.79 Å². The first kappa shape index (κ1) is 14.3. The largest absolute Gasteiger partial charge is 0.345 e. The summed E-state index contributed by atoms with van der Waals surface area (Å²) in [7, 11) is 0. The second-order valence-corrected chi connectivity index (χ2v) is 5.14. The Morgan fingerprint density at radius 1 is 1.05 bits per heavy atom. The van der Waals surface area contributed by atoms with Gasteiger partial charge in [-0.25, -0.2) is 0 Å². The van der Waals surface area contributed by atoms with E-state index in [2.05, 4.69) is 31.3 Å². The van der Waals surface area contributed by atoms with Gasteiger partial charge < -0.3 is 5.32 Å². The zero-order valence-corrected chi connectivity index (χ0v) is 12.3. The van der Waals surface area contributed by atoms with Crippen molar-refractivity contribution in [2.24, 2.45) is 0 Å². The third-order valence-electron chi connectivity index (χ3n) is 3.68. The lowest BCUT2D eigenvalue weighted by molar-refractivity contribution is 0.0935. The molecule has 0 radical (unpaired) electrons. The second-order valence-electron chi connectivity index (χ2n) is 5.14. The molecule has 2 nitrogen and oxygen atoms in total. The van der Waals surface area contributed by atoms with Gasteiger partial charge in [0.05, 0.1) is 6.04 Å². The van der Waals surface area contributed by atoms with Crippen LogP contribution in [0.15, 0.2) is 48.5 Å². The lowest BCUT2D eigenvalue weighted by Gasteiger charge is -2.17. The van der Waals surface area contributed by atoms with Crippen LogP contribution < -0.4 is 5.32 Å². The highest BCUT2D eigenvalue weighted by atomic mass is 16.1. The monoisotopic (exact) mass is 267 g/mol. The minimum atomic E-state index is -0.0104. The van der Waals surface area contributed by atoms with Gasteiger partial charge in [0.15, 0.2) is 0 Å². The number of amides is 1. The summed E-state index contributed by atoms with van der Waals surface area (Å²) in [6.07, 6.45) is 0.876. The van der Waals surface area contributed by atoms with E-state index in [1.807, 2.05) is 43.3 Å². The number of aryl methyl sites for hydroxylation is 2. The maximum absolute atomic E-state index is 12.3. The highest BCUT2D eigenvalue weighted by Crippen LogP contribution is 2.17. The third kappa shape index (κ3) is 3.27. The molecule has 0 unspecified atom stereocenters. The number of benzene rings is 2. The average Bonchev–Trinajstić information content (AvgIpc) is 2.48. The zero-order valence-electron chi connectivity index (χ0n) is 12.3. The van der Waals surface area contributed by atoms with E-state index in [1.54, 1.807) is 0 Å². The molecule has 1 amide bonds. The van der Waals surface area contributed by atoms with Gasteiger partial charge in [-0.1, -0.05) is 43.3 Å². The lowest BCUT2D eigenvalue weighted by atomic mass is 10.0. The summed E-state index contributed by atoms with van der Waals surface area (Å²) in [5, 5.41) is 3.11. The van der Waals surface area contributed by atoms with Crippen molar-refractivity contribution in [1.82, 2.24) is 5.32 Å². The summed E-state index contributed by atoms with van der Waals surface area (Å²) in [5.74, 6) is -0.0104. The molecule has 0 fully saturated rings. The number of hydrogen-bond acceptors (Lipinski definition) is 1. The van der Waals surface area contributed by atoms with Crippen LogP contribution in [0.2, 0.25) is 0 Å². The number of carbonyl (C=O) groups excluding carboxylic acids is 1. The summed E-state index contributed by atoms with van der Waals surface area (Å²) in [6.45, 7) is 6.16. The van der Waals surface area contributed by atoms with Gasteiger partial charge in [0, 0.05) is 5.56 Å². The Morgan fingerprint density at radius 3 is 2.35 bits per heavy atom. The molecule has 104 valence electrons. The zero-order chi connectivity index (χ0) is 14.5. The minimum Gasteiger partial charge on any atom is -0.345 e. The molecule has 1 N–H and O–H groups in total. The molecule has 2 aromatic rings. The van der Waals surface area contributed by atoms with E-state index in [9.17, 15) is 4.79 Å². The summed E-state index contributed by atoms with van der Waals surface area (Å²) >= 11 is 0. The van der Waals surface area contributed by atoms with Gasteiger partial charge in [0.25, 0.3) is 5.91 Å². The van der Waals surface area contributed by atoms with Crippen molar-refractivity contribution in [2.45, 2.75) is 33.2 Å². The topological polar surface area (TPSA) is 29.1 Å². The van der Waals surface area contributed by atoms with Crippen molar-refractivity contribution in [3.63, 3.8) is 0 Å². The van der Waals surface area contributed by atoms with E-state index >= 15 is 0 Å². The van der Waals surface area contributed by atoms with Crippen molar-refractivity contribution in [3.05, 3.63) is 70.8 Å². The fourth-order valence-electron chi connectivity index (χ4n) is 2.23. The Hall–Kier alpha value is -2.09. The first-order valence-corrected chi connectivity index (χ1v) is 7.05. The van der Waals surface area contributed by atoms with Crippen LogP contribution in [0.4, 0.5) is 0 Å². The molecule has 0 spiro atoms. The standard InChI is InChI=1S/C18H21NO/c1-4-17(15-8-6-5-7-9-15)19-18(20)16-11-10-13(2)14(3)12-16/h5-12,17H,4H2,1-3H3,(H,19,20)/t17-/m0/s1. The Morgan fingerprint density at radius 2 is 1.75 bits per heavy atom. The van der Waals surface area contributed by atoms with Crippen LogP contribution in [-0.4, -0.2) is 5.91 Å². The van der Waals surface area contributed by atoms with Crippen LogP contribution in [0.1, 0.15) is 46.4 Å². The van der Waals surface area contributed by atoms with E-state index in [-0.39, 0.29) is 11.9 Å². The molecule has 2 heteroatoms. The SMILES string of the molecule is CC[C@H](NC(=O)c1ccc(C)c(C)c1)c1ccccc1. The molecule has 0 aromatic heterocycles. The molecule has 0 aliphatic rings.